The number of nitrogens with one attached hydrogen (secondary N) is 2. The number of amides is 4. The molecule has 1 unspecified atom stereocenters. The Morgan fingerprint density at radius 2 is 2.14 bits per heavy atom. The number of unbranched alkanes of at least 4 members (excludes halogenated alkanes) is 2. The van der Waals surface area contributed by atoms with E-state index in [9.17, 15) is 14.4 Å². The molecule has 0 fully saturated rings. The Bertz CT molecular complexity index is 437. The number of carbonyl (C=O) groups is 3. The van der Waals surface area contributed by atoms with E-state index in [1.807, 2.05) is 0 Å². The third-order valence-corrected chi connectivity index (χ3v) is 3.16. The van der Waals surface area contributed by atoms with Gasteiger partial charge in [-0.05, 0) is 19.4 Å². The maximum Gasteiger partial charge on any atom is 0.318 e. The van der Waals surface area contributed by atoms with Crippen molar-refractivity contribution >= 4 is 23.8 Å². The fraction of sp³-hybridized carbons (Fsp3) is 0.667. The van der Waals surface area contributed by atoms with Crippen LogP contribution in [0.5, 0.6) is 0 Å². The lowest BCUT2D eigenvalue weighted by molar-refractivity contribution is -0.138. The number of urea groups is 1. The number of guanidine groups is 1. The summed E-state index contributed by atoms with van der Waals surface area (Å²) >= 11 is 0. The molecule has 0 radical (unpaired) electrons. The van der Waals surface area contributed by atoms with E-state index in [0.29, 0.717) is 13.0 Å². The van der Waals surface area contributed by atoms with Crippen LogP contribution in [0, 0.1) is 0 Å². The molecule has 9 nitrogen and oxygen atoms in total. The van der Waals surface area contributed by atoms with Gasteiger partial charge in [-0.25, -0.2) is 9.79 Å². The second-order valence-corrected chi connectivity index (χ2v) is 4.79. The molecule has 1 aliphatic heterocycles. The van der Waals surface area contributed by atoms with Crippen molar-refractivity contribution in [1.29, 1.82) is 0 Å². The van der Waals surface area contributed by atoms with Gasteiger partial charge in [0, 0.05) is 13.5 Å². The number of hydrogen-bond acceptors (Lipinski definition) is 5. The molecule has 1 aliphatic rings. The molecule has 9 heteroatoms. The summed E-state index contributed by atoms with van der Waals surface area (Å²) in [5, 5.41) is 4.59. The number of primary amides is 1. The molecule has 0 spiro atoms. The van der Waals surface area contributed by atoms with E-state index in [1.54, 1.807) is 7.05 Å². The van der Waals surface area contributed by atoms with Crippen LogP contribution < -0.4 is 22.1 Å². The Kier molecular flexibility index (Phi) is 6.60. The van der Waals surface area contributed by atoms with Crippen LogP contribution in [0.4, 0.5) is 4.79 Å². The zero-order valence-electron chi connectivity index (χ0n) is 12.1. The van der Waals surface area contributed by atoms with Crippen LogP contribution in [0.3, 0.4) is 0 Å². The molecule has 0 aliphatic carbocycles. The summed E-state index contributed by atoms with van der Waals surface area (Å²) in [7, 11) is 1.57. The average Bonchev–Trinajstić information content (AvgIpc) is 2.42. The van der Waals surface area contributed by atoms with Crippen molar-refractivity contribution in [1.82, 2.24) is 15.5 Å². The minimum atomic E-state index is -0.808. The summed E-state index contributed by atoms with van der Waals surface area (Å²) < 4.78 is 0. The number of rotatable bonds is 6. The molecule has 1 heterocycles. The lowest BCUT2D eigenvalue weighted by Gasteiger charge is -2.29. The highest BCUT2D eigenvalue weighted by Crippen LogP contribution is 2.07. The molecule has 1 rings (SSSR count). The topological polar surface area (TPSA) is 143 Å². The molecule has 4 amide bonds. The van der Waals surface area contributed by atoms with E-state index in [-0.39, 0.29) is 18.4 Å². The van der Waals surface area contributed by atoms with Gasteiger partial charge in [0.2, 0.25) is 11.9 Å². The molecule has 0 saturated heterocycles. The van der Waals surface area contributed by atoms with Gasteiger partial charge in [0.05, 0.1) is 6.54 Å². The van der Waals surface area contributed by atoms with E-state index in [0.717, 1.165) is 19.3 Å². The van der Waals surface area contributed by atoms with E-state index in [4.69, 9.17) is 11.5 Å². The first-order valence-corrected chi connectivity index (χ1v) is 6.83. The van der Waals surface area contributed by atoms with Crippen molar-refractivity contribution in [2.45, 2.75) is 31.7 Å². The standard InChI is InChI=1S/C12H22N6O3/c1-18(9(19)5-3-2-4-6-13)8-7-15-12(16-10(8)20)17-11(14)21/h8H,2-7,13H2,1H3,(H4,14,15,16,17,20,21). The fourth-order valence-electron chi connectivity index (χ4n) is 1.93. The molecular weight excluding hydrogens is 276 g/mol. The van der Waals surface area contributed by atoms with E-state index < -0.39 is 18.0 Å². The summed E-state index contributed by atoms with van der Waals surface area (Å²) in [6.07, 6.45) is 2.88. The van der Waals surface area contributed by atoms with Gasteiger partial charge in [-0.1, -0.05) is 6.42 Å². The minimum Gasteiger partial charge on any atom is -0.351 e. The summed E-state index contributed by atoms with van der Waals surface area (Å²) in [6, 6.07) is -1.48. The lowest BCUT2D eigenvalue weighted by Crippen LogP contribution is -2.58. The Hall–Kier alpha value is -2.16. The minimum absolute atomic E-state index is 0.00699. The second kappa shape index (κ2) is 8.20. The van der Waals surface area contributed by atoms with Crippen LogP contribution in [0.2, 0.25) is 0 Å². The van der Waals surface area contributed by atoms with Gasteiger partial charge >= 0.3 is 6.03 Å². The van der Waals surface area contributed by atoms with Crippen molar-refractivity contribution in [3.63, 3.8) is 0 Å². The first-order chi connectivity index (χ1) is 9.95. The summed E-state index contributed by atoms with van der Waals surface area (Å²) in [5.74, 6) is -0.507. The van der Waals surface area contributed by atoms with Crippen molar-refractivity contribution < 1.29 is 14.4 Å². The molecule has 1 atom stereocenters. The molecule has 0 aromatic rings. The normalized spacial score (nSPS) is 17.7. The van der Waals surface area contributed by atoms with Gasteiger partial charge in [0.1, 0.15) is 6.04 Å². The van der Waals surface area contributed by atoms with E-state index >= 15 is 0 Å². The van der Waals surface area contributed by atoms with Crippen LogP contribution >= 0.6 is 0 Å². The van der Waals surface area contributed by atoms with Crippen molar-refractivity contribution in [3.8, 4) is 0 Å². The van der Waals surface area contributed by atoms with Crippen molar-refractivity contribution in [2.75, 3.05) is 20.1 Å². The van der Waals surface area contributed by atoms with Gasteiger partial charge < -0.3 is 16.4 Å². The highest BCUT2D eigenvalue weighted by Gasteiger charge is 2.30. The maximum absolute atomic E-state index is 12.0. The Morgan fingerprint density at radius 3 is 2.71 bits per heavy atom. The third kappa shape index (κ3) is 5.38. The number of nitrogens with zero attached hydrogens (tertiary/aromatic N) is 2. The fourth-order valence-corrected chi connectivity index (χ4v) is 1.93. The predicted molar refractivity (Wildman–Crippen MR) is 77.2 cm³/mol. The van der Waals surface area contributed by atoms with Gasteiger partial charge in [0.25, 0.3) is 5.91 Å². The van der Waals surface area contributed by atoms with Gasteiger partial charge in [0.15, 0.2) is 0 Å². The van der Waals surface area contributed by atoms with E-state index in [1.165, 1.54) is 4.90 Å². The molecular formula is C12H22N6O3. The smallest absolute Gasteiger partial charge is 0.318 e. The summed E-state index contributed by atoms with van der Waals surface area (Å²) in [4.78, 5) is 39.9. The molecule has 0 saturated carbocycles. The summed E-state index contributed by atoms with van der Waals surface area (Å²) in [6.45, 7) is 0.700. The Balaban J connectivity index is 2.49. The van der Waals surface area contributed by atoms with Crippen LogP contribution in [-0.4, -0.2) is 54.9 Å². The summed E-state index contributed by atoms with van der Waals surface area (Å²) in [5.41, 5.74) is 10.3. The molecule has 21 heavy (non-hydrogen) atoms. The Morgan fingerprint density at radius 1 is 1.43 bits per heavy atom. The highest BCUT2D eigenvalue weighted by atomic mass is 16.2. The predicted octanol–water partition coefficient (Wildman–Crippen LogP) is -1.51. The molecule has 0 bridgehead atoms. The number of aliphatic imine (C=N–C) groups is 1. The number of hydrogen-bond donors (Lipinski definition) is 4. The molecule has 0 aromatic carbocycles. The van der Waals surface area contributed by atoms with Crippen molar-refractivity contribution in [3.05, 3.63) is 0 Å². The number of likely N-dealkylation sites (N-methyl/N-ethyl adjacent to an activating group) is 1. The Labute approximate surface area is 123 Å². The largest absolute Gasteiger partial charge is 0.351 e. The maximum atomic E-state index is 12.0. The van der Waals surface area contributed by atoms with Crippen LogP contribution in [-0.2, 0) is 9.59 Å². The quantitative estimate of drug-likeness (QED) is 0.442. The molecule has 0 aromatic heterocycles. The SMILES string of the molecule is CN(C(=O)CCCCCN)C1CN=C(NC(N)=O)NC1=O. The van der Waals surface area contributed by atoms with Gasteiger partial charge in [-0.3, -0.25) is 20.2 Å². The zero-order valence-corrected chi connectivity index (χ0v) is 12.1. The van der Waals surface area contributed by atoms with Crippen LogP contribution in [0.25, 0.3) is 0 Å². The molecule has 6 N–H and O–H groups in total. The van der Waals surface area contributed by atoms with Crippen LogP contribution in [0.1, 0.15) is 25.7 Å². The number of nitrogens with two attached hydrogens (primary N) is 2. The molecule has 118 valence electrons. The van der Waals surface area contributed by atoms with Crippen molar-refractivity contribution in [2.24, 2.45) is 16.5 Å². The van der Waals surface area contributed by atoms with E-state index in [2.05, 4.69) is 15.6 Å². The number of carbonyl (C=O) groups excluding carboxylic acids is 3. The highest BCUT2D eigenvalue weighted by molar-refractivity contribution is 6.07. The zero-order chi connectivity index (χ0) is 15.8. The van der Waals surface area contributed by atoms with Gasteiger partial charge in [-0.2, -0.15) is 0 Å². The lowest BCUT2D eigenvalue weighted by atomic mass is 10.1. The third-order valence-electron chi connectivity index (χ3n) is 3.16. The first kappa shape index (κ1) is 16.9. The van der Waals surface area contributed by atoms with Crippen LogP contribution in [0.15, 0.2) is 4.99 Å². The second-order valence-electron chi connectivity index (χ2n) is 4.79. The van der Waals surface area contributed by atoms with Gasteiger partial charge in [-0.15, -0.1) is 0 Å². The average molecular weight is 298 g/mol. The monoisotopic (exact) mass is 298 g/mol. The first-order valence-electron chi connectivity index (χ1n) is 6.83.